The van der Waals surface area contributed by atoms with E-state index >= 15 is 0 Å². The third-order valence-corrected chi connectivity index (χ3v) is 4.74. The summed E-state index contributed by atoms with van der Waals surface area (Å²) in [4.78, 5) is 7.40. The third-order valence-electron chi connectivity index (χ3n) is 4.25. The highest BCUT2D eigenvalue weighted by molar-refractivity contribution is 9.10. The topological polar surface area (TPSA) is 47.0 Å². The van der Waals surface area contributed by atoms with Crippen LogP contribution in [0.1, 0.15) is 25.6 Å². The molecule has 2 aromatic rings. The number of halogens is 4. The highest BCUT2D eigenvalue weighted by Gasteiger charge is 2.36. The van der Waals surface area contributed by atoms with E-state index in [1.807, 2.05) is 6.92 Å². The molecule has 1 aliphatic heterocycles. The predicted octanol–water partition coefficient (Wildman–Crippen LogP) is 4.64. The zero-order valence-electron chi connectivity index (χ0n) is 13.0. The molecule has 1 fully saturated rings. The van der Waals surface area contributed by atoms with E-state index in [1.54, 1.807) is 18.2 Å². The highest BCUT2D eigenvalue weighted by Crippen LogP contribution is 2.32. The lowest BCUT2D eigenvalue weighted by Gasteiger charge is -2.29. The van der Waals surface area contributed by atoms with Crippen molar-refractivity contribution < 1.29 is 17.9 Å². The van der Waals surface area contributed by atoms with Crippen LogP contribution in [0.2, 0.25) is 0 Å². The first-order valence-corrected chi connectivity index (χ1v) is 8.52. The zero-order valence-corrected chi connectivity index (χ0v) is 14.6. The quantitative estimate of drug-likeness (QED) is 0.810. The van der Waals surface area contributed by atoms with Crippen LogP contribution in [0.3, 0.4) is 0 Å². The van der Waals surface area contributed by atoms with E-state index in [0.29, 0.717) is 24.5 Å². The first-order valence-electron chi connectivity index (χ1n) is 7.73. The number of benzene rings is 1. The Morgan fingerprint density at radius 3 is 2.62 bits per heavy atom. The van der Waals surface area contributed by atoms with Gasteiger partial charge in [0.15, 0.2) is 0 Å². The zero-order chi connectivity index (χ0) is 17.3. The van der Waals surface area contributed by atoms with Gasteiger partial charge in [0.1, 0.15) is 5.82 Å². The molecule has 0 unspecified atom stereocenters. The molecule has 0 radical (unpaired) electrons. The standard InChI is InChI=1S/C16H17BrF3N3O/c1-9(10-4-6-24-7-5-10)21-14-12-8-11(17)2-3-13(12)22-15(23-14)16(18,19)20/h2-3,8-10H,4-7H2,1H3,(H,21,22,23)/t9-/m0/s1. The Labute approximate surface area is 145 Å². The molecular formula is C16H17BrF3N3O. The van der Waals surface area contributed by atoms with Crippen LogP contribution in [0, 0.1) is 5.92 Å². The molecule has 1 atom stereocenters. The molecule has 0 bridgehead atoms. The van der Waals surface area contributed by atoms with Crippen molar-refractivity contribution in [3.05, 3.63) is 28.5 Å². The van der Waals surface area contributed by atoms with E-state index in [9.17, 15) is 13.2 Å². The number of alkyl halides is 3. The van der Waals surface area contributed by atoms with Crippen molar-refractivity contribution in [1.29, 1.82) is 0 Å². The second-order valence-corrected chi connectivity index (χ2v) is 6.85. The number of ether oxygens (including phenoxy) is 1. The van der Waals surface area contributed by atoms with Crippen LogP contribution in [0.5, 0.6) is 0 Å². The second-order valence-electron chi connectivity index (χ2n) is 5.94. The van der Waals surface area contributed by atoms with Gasteiger partial charge in [0, 0.05) is 29.1 Å². The SMILES string of the molecule is C[C@H](Nc1nc(C(F)(F)F)nc2ccc(Br)cc12)C1CCOCC1. The summed E-state index contributed by atoms with van der Waals surface area (Å²) in [5.74, 6) is -0.572. The average Bonchev–Trinajstić information content (AvgIpc) is 2.55. The maximum Gasteiger partial charge on any atom is 0.451 e. The second kappa shape index (κ2) is 6.84. The summed E-state index contributed by atoms with van der Waals surface area (Å²) in [5.41, 5.74) is 0.266. The van der Waals surface area contributed by atoms with E-state index in [-0.39, 0.29) is 17.4 Å². The largest absolute Gasteiger partial charge is 0.451 e. The van der Waals surface area contributed by atoms with Crippen LogP contribution in [-0.2, 0) is 10.9 Å². The minimum Gasteiger partial charge on any atom is -0.381 e. The molecule has 1 saturated heterocycles. The fourth-order valence-corrected chi connectivity index (χ4v) is 3.25. The highest BCUT2D eigenvalue weighted by atomic mass is 79.9. The Morgan fingerprint density at radius 1 is 1.25 bits per heavy atom. The molecule has 0 spiro atoms. The van der Waals surface area contributed by atoms with Crippen LogP contribution in [-0.4, -0.2) is 29.2 Å². The van der Waals surface area contributed by atoms with Gasteiger partial charge in [0.25, 0.3) is 0 Å². The summed E-state index contributed by atoms with van der Waals surface area (Å²) in [7, 11) is 0. The molecular weight excluding hydrogens is 387 g/mol. The van der Waals surface area contributed by atoms with Crippen molar-refractivity contribution in [2.24, 2.45) is 5.92 Å². The van der Waals surface area contributed by atoms with Crippen molar-refractivity contribution in [3.8, 4) is 0 Å². The van der Waals surface area contributed by atoms with Gasteiger partial charge in [-0.3, -0.25) is 0 Å². The number of rotatable bonds is 3. The number of fused-ring (bicyclic) bond motifs is 1. The number of anilines is 1. The summed E-state index contributed by atoms with van der Waals surface area (Å²) >= 11 is 3.35. The van der Waals surface area contributed by atoms with Crippen molar-refractivity contribution in [1.82, 2.24) is 9.97 Å². The molecule has 130 valence electrons. The van der Waals surface area contributed by atoms with Gasteiger partial charge in [0.05, 0.1) is 5.52 Å². The van der Waals surface area contributed by atoms with Gasteiger partial charge < -0.3 is 10.1 Å². The molecule has 24 heavy (non-hydrogen) atoms. The number of nitrogens with one attached hydrogen (secondary N) is 1. The molecule has 2 heterocycles. The monoisotopic (exact) mass is 403 g/mol. The molecule has 0 amide bonds. The van der Waals surface area contributed by atoms with Gasteiger partial charge in [-0.25, -0.2) is 9.97 Å². The summed E-state index contributed by atoms with van der Waals surface area (Å²) in [5, 5.41) is 3.73. The van der Waals surface area contributed by atoms with Gasteiger partial charge in [-0.15, -0.1) is 0 Å². The van der Waals surface area contributed by atoms with Crippen LogP contribution >= 0.6 is 15.9 Å². The predicted molar refractivity (Wildman–Crippen MR) is 88.9 cm³/mol. The van der Waals surface area contributed by atoms with Crippen LogP contribution in [0.4, 0.5) is 19.0 Å². The molecule has 3 rings (SSSR count). The molecule has 1 aromatic carbocycles. The maximum atomic E-state index is 13.1. The van der Waals surface area contributed by atoms with Crippen molar-refractivity contribution in [3.63, 3.8) is 0 Å². The minimum absolute atomic E-state index is 0.00735. The lowest BCUT2D eigenvalue weighted by molar-refractivity contribution is -0.144. The Hall–Kier alpha value is -1.41. The summed E-state index contributed by atoms with van der Waals surface area (Å²) < 4.78 is 45.4. The number of nitrogens with zero attached hydrogens (tertiary/aromatic N) is 2. The smallest absolute Gasteiger partial charge is 0.381 e. The van der Waals surface area contributed by atoms with Crippen molar-refractivity contribution in [2.45, 2.75) is 32.0 Å². The van der Waals surface area contributed by atoms with Gasteiger partial charge in [-0.1, -0.05) is 15.9 Å². The Morgan fingerprint density at radius 2 is 1.96 bits per heavy atom. The summed E-state index contributed by atoms with van der Waals surface area (Å²) in [6, 6.07) is 4.95. The van der Waals surface area contributed by atoms with E-state index in [1.165, 1.54) is 0 Å². The molecule has 0 saturated carbocycles. The van der Waals surface area contributed by atoms with Gasteiger partial charge in [-0.05, 0) is 43.9 Å². The lowest BCUT2D eigenvalue weighted by atomic mass is 9.93. The molecule has 1 N–H and O–H groups in total. The Bertz CT molecular complexity index is 732. The first kappa shape index (κ1) is 17.4. The molecule has 1 aromatic heterocycles. The van der Waals surface area contributed by atoms with Gasteiger partial charge >= 0.3 is 6.18 Å². The molecule has 1 aliphatic rings. The summed E-state index contributed by atoms with van der Waals surface area (Å²) in [6.07, 6.45) is -2.82. The van der Waals surface area contributed by atoms with Crippen molar-refractivity contribution in [2.75, 3.05) is 18.5 Å². The van der Waals surface area contributed by atoms with Gasteiger partial charge in [-0.2, -0.15) is 13.2 Å². The fraction of sp³-hybridized carbons (Fsp3) is 0.500. The van der Waals surface area contributed by atoms with Crippen LogP contribution in [0.15, 0.2) is 22.7 Å². The maximum absolute atomic E-state index is 13.1. The van der Waals surface area contributed by atoms with E-state index in [0.717, 1.165) is 17.3 Å². The Balaban J connectivity index is 1.99. The van der Waals surface area contributed by atoms with Gasteiger partial charge in [0.2, 0.25) is 5.82 Å². The normalized spacial score (nSPS) is 17.9. The number of hydrogen-bond donors (Lipinski definition) is 1. The minimum atomic E-state index is -4.58. The molecule has 4 nitrogen and oxygen atoms in total. The van der Waals surface area contributed by atoms with Crippen LogP contribution in [0.25, 0.3) is 10.9 Å². The average molecular weight is 404 g/mol. The van der Waals surface area contributed by atoms with Crippen molar-refractivity contribution >= 4 is 32.7 Å². The summed E-state index contributed by atoms with van der Waals surface area (Å²) in [6.45, 7) is 3.33. The fourth-order valence-electron chi connectivity index (χ4n) is 2.89. The first-order chi connectivity index (χ1) is 11.3. The third kappa shape index (κ3) is 3.80. The molecule has 0 aliphatic carbocycles. The number of hydrogen-bond acceptors (Lipinski definition) is 4. The van der Waals surface area contributed by atoms with Crippen LogP contribution < -0.4 is 5.32 Å². The molecule has 8 heteroatoms. The number of aromatic nitrogens is 2. The lowest BCUT2D eigenvalue weighted by Crippen LogP contribution is -2.31. The van der Waals surface area contributed by atoms with E-state index in [2.05, 4.69) is 31.2 Å². The van der Waals surface area contributed by atoms with E-state index in [4.69, 9.17) is 4.74 Å². The Kier molecular flexibility index (Phi) is 4.96. The van der Waals surface area contributed by atoms with E-state index < -0.39 is 12.0 Å².